The Kier molecular flexibility index (Phi) is 5.48. The smallest absolute Gasteiger partial charge is 0.341 e. The number of aryl methyl sites for hydroxylation is 1. The molecule has 8 nitrogen and oxygen atoms in total. The highest BCUT2D eigenvalue weighted by Gasteiger charge is 2.32. The number of hydrogen-bond acceptors (Lipinski definition) is 8. The predicted molar refractivity (Wildman–Crippen MR) is 106 cm³/mol. The number of ether oxygens (including phenoxy) is 3. The van der Waals surface area contributed by atoms with E-state index in [9.17, 15) is 13.2 Å². The average Bonchev–Trinajstić information content (AvgIpc) is 3.42. The zero-order valence-corrected chi connectivity index (χ0v) is 17.4. The van der Waals surface area contributed by atoms with Crippen LogP contribution in [-0.4, -0.2) is 45.8 Å². The van der Waals surface area contributed by atoms with Gasteiger partial charge in [0.2, 0.25) is 9.84 Å². The summed E-state index contributed by atoms with van der Waals surface area (Å²) in [7, 11) is -2.65. The molecule has 1 unspecified atom stereocenters. The second-order valence-corrected chi connectivity index (χ2v) is 8.79. The number of pyridine rings is 1. The summed E-state index contributed by atoms with van der Waals surface area (Å²) in [6.45, 7) is 2.23. The summed E-state index contributed by atoms with van der Waals surface area (Å²) in [4.78, 5) is 17.0. The number of carbonyl (C=O) groups excluding carboxylic acids is 1. The van der Waals surface area contributed by atoms with Crippen LogP contribution in [0, 0.1) is 6.92 Å². The molecule has 1 aromatic carbocycles. The second kappa shape index (κ2) is 8.08. The fourth-order valence-corrected chi connectivity index (χ4v) is 5.32. The SMILES string of the molecule is COc1cccc2c(S(=O)(=O)c3ccoc3C)c(C(=O)OCC3CCCO3)cnc12. The molecule has 4 rings (SSSR count). The van der Waals surface area contributed by atoms with Gasteiger partial charge in [-0.15, -0.1) is 0 Å². The molecule has 1 aliphatic heterocycles. The minimum absolute atomic E-state index is 0.0222. The largest absolute Gasteiger partial charge is 0.494 e. The van der Waals surface area contributed by atoms with E-state index in [0.717, 1.165) is 12.8 Å². The van der Waals surface area contributed by atoms with Gasteiger partial charge in [-0.05, 0) is 31.9 Å². The minimum atomic E-state index is -4.11. The van der Waals surface area contributed by atoms with Gasteiger partial charge in [-0.1, -0.05) is 12.1 Å². The lowest BCUT2D eigenvalue weighted by Crippen LogP contribution is -2.20. The van der Waals surface area contributed by atoms with Gasteiger partial charge < -0.3 is 18.6 Å². The number of para-hydroxylation sites is 1. The molecule has 0 amide bonds. The first kappa shape index (κ1) is 20.4. The zero-order valence-electron chi connectivity index (χ0n) is 16.6. The van der Waals surface area contributed by atoms with E-state index in [1.165, 1.54) is 25.6 Å². The van der Waals surface area contributed by atoms with Crippen molar-refractivity contribution in [2.24, 2.45) is 0 Å². The van der Waals surface area contributed by atoms with Gasteiger partial charge in [0.15, 0.2) is 0 Å². The standard InChI is InChI=1S/C21H21NO7S/c1-13-18(8-10-27-13)30(24,25)20-15-6-3-7-17(26-2)19(15)22-11-16(20)21(23)29-12-14-5-4-9-28-14/h3,6-8,10-11,14H,4-5,9,12H2,1-2H3. The van der Waals surface area contributed by atoms with Crippen LogP contribution in [0.4, 0.5) is 0 Å². The molecule has 1 saturated heterocycles. The fourth-order valence-electron chi connectivity index (χ4n) is 3.56. The normalized spacial score (nSPS) is 16.7. The van der Waals surface area contributed by atoms with Gasteiger partial charge in [0, 0.05) is 18.2 Å². The molecule has 30 heavy (non-hydrogen) atoms. The van der Waals surface area contributed by atoms with E-state index in [1.807, 2.05) is 0 Å². The summed E-state index contributed by atoms with van der Waals surface area (Å²) < 4.78 is 48.5. The highest BCUT2D eigenvalue weighted by molar-refractivity contribution is 7.91. The van der Waals surface area contributed by atoms with Crippen LogP contribution < -0.4 is 4.74 Å². The Morgan fingerprint density at radius 1 is 1.30 bits per heavy atom. The summed E-state index contributed by atoms with van der Waals surface area (Å²) in [6.07, 6.45) is 4.02. The number of carbonyl (C=O) groups is 1. The van der Waals surface area contributed by atoms with E-state index >= 15 is 0 Å². The number of aromatic nitrogens is 1. The number of fused-ring (bicyclic) bond motifs is 1. The molecule has 1 atom stereocenters. The van der Waals surface area contributed by atoms with Crippen molar-refractivity contribution in [1.29, 1.82) is 0 Å². The van der Waals surface area contributed by atoms with Crippen molar-refractivity contribution in [3.63, 3.8) is 0 Å². The van der Waals surface area contributed by atoms with Gasteiger partial charge in [0.1, 0.15) is 28.5 Å². The first-order chi connectivity index (χ1) is 14.4. The lowest BCUT2D eigenvalue weighted by atomic mass is 10.1. The molecule has 3 aromatic rings. The molecule has 9 heteroatoms. The lowest BCUT2D eigenvalue weighted by Gasteiger charge is -2.15. The molecular formula is C21H21NO7S. The Hall–Kier alpha value is -2.91. The quantitative estimate of drug-likeness (QED) is 0.548. The fraction of sp³-hybridized carbons (Fsp3) is 0.333. The highest BCUT2D eigenvalue weighted by atomic mass is 32.2. The van der Waals surface area contributed by atoms with Gasteiger partial charge in [-0.25, -0.2) is 13.2 Å². The second-order valence-electron chi connectivity index (χ2n) is 6.94. The molecule has 0 N–H and O–H groups in total. The summed E-state index contributed by atoms with van der Waals surface area (Å²) in [5, 5.41) is 0.265. The molecular weight excluding hydrogens is 410 g/mol. The molecule has 0 spiro atoms. The van der Waals surface area contributed by atoms with Crippen molar-refractivity contribution in [2.45, 2.75) is 35.7 Å². The number of methoxy groups -OCH3 is 1. The van der Waals surface area contributed by atoms with Crippen LogP contribution in [-0.2, 0) is 19.3 Å². The van der Waals surface area contributed by atoms with Gasteiger partial charge in [0.05, 0.1) is 29.9 Å². The summed E-state index contributed by atoms with van der Waals surface area (Å²) >= 11 is 0. The Morgan fingerprint density at radius 2 is 2.13 bits per heavy atom. The van der Waals surface area contributed by atoms with Crippen LogP contribution in [0.25, 0.3) is 10.9 Å². The number of benzene rings is 1. The van der Waals surface area contributed by atoms with E-state index in [1.54, 1.807) is 25.1 Å². The number of esters is 1. The first-order valence-corrected chi connectivity index (χ1v) is 11.0. The van der Waals surface area contributed by atoms with Gasteiger partial charge in [-0.2, -0.15) is 0 Å². The van der Waals surface area contributed by atoms with Crippen molar-refractivity contribution in [3.8, 4) is 5.75 Å². The molecule has 1 aliphatic rings. The van der Waals surface area contributed by atoms with Crippen LogP contribution in [0.5, 0.6) is 5.75 Å². The van der Waals surface area contributed by atoms with Crippen molar-refractivity contribution in [2.75, 3.05) is 20.3 Å². The lowest BCUT2D eigenvalue weighted by molar-refractivity contribution is 0.0158. The molecule has 0 saturated carbocycles. The maximum absolute atomic E-state index is 13.6. The van der Waals surface area contributed by atoms with Crippen molar-refractivity contribution in [3.05, 3.63) is 48.0 Å². The Morgan fingerprint density at radius 3 is 2.80 bits per heavy atom. The number of furan rings is 1. The number of sulfone groups is 1. The zero-order chi connectivity index (χ0) is 21.3. The first-order valence-electron chi connectivity index (χ1n) is 9.47. The van der Waals surface area contributed by atoms with Gasteiger partial charge in [-0.3, -0.25) is 4.98 Å². The van der Waals surface area contributed by atoms with Crippen molar-refractivity contribution >= 4 is 26.7 Å². The number of rotatable bonds is 6. The van der Waals surface area contributed by atoms with E-state index < -0.39 is 15.8 Å². The average molecular weight is 431 g/mol. The Labute approximate surface area is 173 Å². The summed E-state index contributed by atoms with van der Waals surface area (Å²) in [5.74, 6) is -0.156. The van der Waals surface area contributed by atoms with Crippen LogP contribution in [0.2, 0.25) is 0 Å². The summed E-state index contributed by atoms with van der Waals surface area (Å²) in [5.41, 5.74) is 0.185. The van der Waals surface area contributed by atoms with Crippen LogP contribution >= 0.6 is 0 Å². The van der Waals surface area contributed by atoms with Crippen LogP contribution in [0.1, 0.15) is 29.0 Å². The van der Waals surface area contributed by atoms with Gasteiger partial charge in [0.25, 0.3) is 0 Å². The van der Waals surface area contributed by atoms with Crippen molar-refractivity contribution in [1.82, 2.24) is 4.98 Å². The van der Waals surface area contributed by atoms with Crippen LogP contribution in [0.15, 0.2) is 50.9 Å². The monoisotopic (exact) mass is 431 g/mol. The highest BCUT2D eigenvalue weighted by Crippen LogP contribution is 2.35. The molecule has 2 aromatic heterocycles. The molecule has 0 aliphatic carbocycles. The third-order valence-electron chi connectivity index (χ3n) is 5.04. The molecule has 0 radical (unpaired) electrons. The number of hydrogen-bond donors (Lipinski definition) is 0. The van der Waals surface area contributed by atoms with E-state index in [-0.39, 0.29) is 39.2 Å². The minimum Gasteiger partial charge on any atom is -0.494 e. The Balaban J connectivity index is 1.87. The molecule has 1 fully saturated rings. The molecule has 3 heterocycles. The number of nitrogens with zero attached hydrogens (tertiary/aromatic N) is 1. The van der Waals surface area contributed by atoms with E-state index in [0.29, 0.717) is 17.9 Å². The molecule has 0 bridgehead atoms. The maximum Gasteiger partial charge on any atom is 0.341 e. The molecule has 158 valence electrons. The van der Waals surface area contributed by atoms with Crippen LogP contribution in [0.3, 0.4) is 0 Å². The summed E-state index contributed by atoms with van der Waals surface area (Å²) in [6, 6.07) is 6.26. The van der Waals surface area contributed by atoms with E-state index in [2.05, 4.69) is 4.98 Å². The topological polar surface area (TPSA) is 105 Å². The maximum atomic E-state index is 13.6. The predicted octanol–water partition coefficient (Wildman–Crippen LogP) is 3.31. The van der Waals surface area contributed by atoms with Crippen molar-refractivity contribution < 1.29 is 31.8 Å². The third kappa shape index (κ3) is 3.54. The van der Waals surface area contributed by atoms with Gasteiger partial charge >= 0.3 is 5.97 Å². The third-order valence-corrected chi connectivity index (χ3v) is 7.02. The van der Waals surface area contributed by atoms with E-state index in [4.69, 9.17) is 18.6 Å². The Bertz CT molecular complexity index is 1190.